The van der Waals surface area contributed by atoms with Crippen molar-refractivity contribution in [2.75, 3.05) is 31.1 Å². The summed E-state index contributed by atoms with van der Waals surface area (Å²) in [7, 11) is 0. The highest BCUT2D eigenvalue weighted by atomic mass is 16.4. The van der Waals surface area contributed by atoms with Crippen LogP contribution in [0.4, 0.5) is 6.01 Å². The van der Waals surface area contributed by atoms with Crippen LogP contribution in [0, 0.1) is 0 Å². The predicted molar refractivity (Wildman–Crippen MR) is 81.1 cm³/mol. The Balaban J connectivity index is 1.67. The van der Waals surface area contributed by atoms with Crippen LogP contribution in [0.15, 0.2) is 28.7 Å². The number of nitrogens with zero attached hydrogens (tertiary/aromatic N) is 3. The number of hydrogen-bond donors (Lipinski definition) is 1. The molecule has 0 aliphatic carbocycles. The van der Waals surface area contributed by atoms with Crippen molar-refractivity contribution in [2.24, 2.45) is 5.73 Å². The molecule has 1 fully saturated rings. The van der Waals surface area contributed by atoms with Gasteiger partial charge < -0.3 is 20.0 Å². The lowest BCUT2D eigenvalue weighted by Gasteiger charge is -2.34. The summed E-state index contributed by atoms with van der Waals surface area (Å²) >= 11 is 0. The molecule has 1 atom stereocenters. The van der Waals surface area contributed by atoms with Crippen molar-refractivity contribution in [3.8, 4) is 0 Å². The van der Waals surface area contributed by atoms with E-state index in [1.54, 1.807) is 0 Å². The van der Waals surface area contributed by atoms with Crippen molar-refractivity contribution in [1.82, 2.24) is 9.88 Å². The maximum Gasteiger partial charge on any atom is 0.298 e. The van der Waals surface area contributed by atoms with Crippen molar-refractivity contribution >= 4 is 23.0 Å². The highest BCUT2D eigenvalue weighted by molar-refractivity contribution is 5.82. The molecule has 0 radical (unpaired) electrons. The van der Waals surface area contributed by atoms with Crippen LogP contribution in [0.1, 0.15) is 13.3 Å². The van der Waals surface area contributed by atoms with E-state index in [0.29, 0.717) is 25.5 Å². The average Bonchev–Trinajstić information content (AvgIpc) is 2.97. The van der Waals surface area contributed by atoms with E-state index in [0.717, 1.165) is 24.2 Å². The number of oxazole rings is 1. The first-order chi connectivity index (χ1) is 10.2. The third-order valence-corrected chi connectivity index (χ3v) is 3.90. The van der Waals surface area contributed by atoms with E-state index in [1.807, 2.05) is 36.1 Å². The highest BCUT2D eigenvalue weighted by Gasteiger charge is 2.26. The number of anilines is 1. The number of para-hydroxylation sites is 2. The van der Waals surface area contributed by atoms with Crippen molar-refractivity contribution in [3.63, 3.8) is 0 Å². The predicted octanol–water partition coefficient (Wildman–Crippen LogP) is 1.21. The van der Waals surface area contributed by atoms with Crippen LogP contribution in [-0.4, -0.2) is 48.0 Å². The Morgan fingerprint density at radius 3 is 2.71 bits per heavy atom. The molecule has 1 aromatic carbocycles. The fourth-order valence-electron chi connectivity index (χ4n) is 2.52. The van der Waals surface area contributed by atoms with Crippen LogP contribution < -0.4 is 10.6 Å². The van der Waals surface area contributed by atoms with Crippen LogP contribution in [0.5, 0.6) is 0 Å². The third kappa shape index (κ3) is 2.71. The molecule has 1 aliphatic rings. The Morgan fingerprint density at radius 2 is 2.05 bits per heavy atom. The molecule has 2 heterocycles. The average molecular weight is 288 g/mol. The highest BCUT2D eigenvalue weighted by Crippen LogP contribution is 2.22. The molecule has 2 N–H and O–H groups in total. The van der Waals surface area contributed by atoms with E-state index in [9.17, 15) is 4.79 Å². The maximum atomic E-state index is 12.1. The Hall–Kier alpha value is -2.08. The van der Waals surface area contributed by atoms with Crippen molar-refractivity contribution in [3.05, 3.63) is 24.3 Å². The molecule has 1 saturated heterocycles. The quantitative estimate of drug-likeness (QED) is 0.919. The first kappa shape index (κ1) is 13.9. The number of piperazine rings is 1. The van der Waals surface area contributed by atoms with Gasteiger partial charge in [0.05, 0.1) is 6.04 Å². The monoisotopic (exact) mass is 288 g/mol. The van der Waals surface area contributed by atoms with E-state index in [4.69, 9.17) is 10.2 Å². The van der Waals surface area contributed by atoms with Gasteiger partial charge in [0.15, 0.2) is 5.58 Å². The standard InChI is InChI=1S/C15H20N4O2/c1-2-11(16)14(20)18-7-9-19(10-8-18)15-17-12-5-3-4-6-13(12)21-15/h3-6,11H,2,7-10,16H2,1H3/t11-/m0/s1. The van der Waals surface area contributed by atoms with E-state index >= 15 is 0 Å². The maximum absolute atomic E-state index is 12.1. The second kappa shape index (κ2) is 5.73. The summed E-state index contributed by atoms with van der Waals surface area (Å²) in [6, 6.07) is 7.95. The Bertz CT molecular complexity index is 598. The van der Waals surface area contributed by atoms with E-state index in [-0.39, 0.29) is 11.9 Å². The van der Waals surface area contributed by atoms with Gasteiger partial charge in [0.1, 0.15) is 5.52 Å². The first-order valence-electron chi connectivity index (χ1n) is 7.34. The lowest BCUT2D eigenvalue weighted by atomic mass is 10.2. The van der Waals surface area contributed by atoms with Gasteiger partial charge in [-0.2, -0.15) is 4.98 Å². The summed E-state index contributed by atoms with van der Waals surface area (Å²) in [5.74, 6) is 0.0368. The molecular weight excluding hydrogens is 268 g/mol. The molecule has 3 rings (SSSR count). The molecule has 1 aromatic heterocycles. The molecule has 2 aromatic rings. The number of nitrogens with two attached hydrogens (primary N) is 1. The number of benzene rings is 1. The SMILES string of the molecule is CC[C@H](N)C(=O)N1CCN(c2nc3ccccc3o2)CC1. The zero-order valence-electron chi connectivity index (χ0n) is 12.2. The molecule has 112 valence electrons. The number of rotatable bonds is 3. The summed E-state index contributed by atoms with van der Waals surface area (Å²) in [5, 5.41) is 0. The van der Waals surface area contributed by atoms with Crippen molar-refractivity contribution < 1.29 is 9.21 Å². The van der Waals surface area contributed by atoms with Gasteiger partial charge in [-0.3, -0.25) is 4.79 Å². The van der Waals surface area contributed by atoms with Gasteiger partial charge in [-0.1, -0.05) is 19.1 Å². The molecule has 21 heavy (non-hydrogen) atoms. The number of carbonyl (C=O) groups is 1. The van der Waals surface area contributed by atoms with Gasteiger partial charge in [0, 0.05) is 26.2 Å². The Labute approximate surface area is 123 Å². The van der Waals surface area contributed by atoms with E-state index < -0.39 is 0 Å². The summed E-state index contributed by atoms with van der Waals surface area (Å²) < 4.78 is 5.76. The van der Waals surface area contributed by atoms with Crippen LogP contribution in [-0.2, 0) is 4.79 Å². The molecule has 1 amide bonds. The zero-order chi connectivity index (χ0) is 14.8. The number of aromatic nitrogens is 1. The Morgan fingerprint density at radius 1 is 1.33 bits per heavy atom. The molecule has 1 aliphatic heterocycles. The zero-order valence-corrected chi connectivity index (χ0v) is 12.2. The van der Waals surface area contributed by atoms with Gasteiger partial charge in [-0.05, 0) is 18.6 Å². The summed E-state index contributed by atoms with van der Waals surface area (Å²) in [6.45, 7) is 4.68. The van der Waals surface area contributed by atoms with E-state index in [1.165, 1.54) is 0 Å². The molecule has 6 nitrogen and oxygen atoms in total. The molecular formula is C15H20N4O2. The van der Waals surface area contributed by atoms with Crippen LogP contribution in [0.2, 0.25) is 0 Å². The molecule has 0 bridgehead atoms. The summed E-state index contributed by atoms with van der Waals surface area (Å²) in [4.78, 5) is 20.4. The van der Waals surface area contributed by atoms with Gasteiger partial charge in [0.25, 0.3) is 6.01 Å². The van der Waals surface area contributed by atoms with Crippen LogP contribution >= 0.6 is 0 Å². The lowest BCUT2D eigenvalue weighted by molar-refractivity contribution is -0.132. The fraction of sp³-hybridized carbons (Fsp3) is 0.467. The second-order valence-corrected chi connectivity index (χ2v) is 5.29. The minimum absolute atomic E-state index is 0.0368. The number of amides is 1. The van der Waals surface area contributed by atoms with Crippen LogP contribution in [0.3, 0.4) is 0 Å². The number of fused-ring (bicyclic) bond motifs is 1. The first-order valence-corrected chi connectivity index (χ1v) is 7.34. The van der Waals surface area contributed by atoms with Crippen molar-refractivity contribution in [2.45, 2.75) is 19.4 Å². The molecule has 6 heteroatoms. The van der Waals surface area contributed by atoms with Gasteiger partial charge in [-0.15, -0.1) is 0 Å². The smallest absolute Gasteiger partial charge is 0.298 e. The number of carbonyl (C=O) groups excluding carboxylic acids is 1. The van der Waals surface area contributed by atoms with Crippen LogP contribution in [0.25, 0.3) is 11.1 Å². The second-order valence-electron chi connectivity index (χ2n) is 5.29. The third-order valence-electron chi connectivity index (χ3n) is 3.90. The minimum Gasteiger partial charge on any atom is -0.423 e. The van der Waals surface area contributed by atoms with Gasteiger partial charge in [0.2, 0.25) is 5.91 Å². The molecule has 0 spiro atoms. The van der Waals surface area contributed by atoms with Gasteiger partial charge >= 0.3 is 0 Å². The van der Waals surface area contributed by atoms with E-state index in [2.05, 4.69) is 9.88 Å². The topological polar surface area (TPSA) is 75.6 Å². The lowest BCUT2D eigenvalue weighted by Crippen LogP contribution is -2.53. The minimum atomic E-state index is -0.388. The number of hydrogen-bond acceptors (Lipinski definition) is 5. The fourth-order valence-corrected chi connectivity index (χ4v) is 2.52. The normalized spacial score (nSPS) is 17.2. The van der Waals surface area contributed by atoms with Gasteiger partial charge in [-0.25, -0.2) is 0 Å². The molecule has 0 unspecified atom stereocenters. The summed E-state index contributed by atoms with van der Waals surface area (Å²) in [6.07, 6.45) is 0.671. The van der Waals surface area contributed by atoms with Crippen molar-refractivity contribution in [1.29, 1.82) is 0 Å². The molecule has 0 saturated carbocycles. The Kier molecular flexibility index (Phi) is 3.79. The summed E-state index contributed by atoms with van der Waals surface area (Å²) in [5.41, 5.74) is 7.46. The largest absolute Gasteiger partial charge is 0.423 e.